The van der Waals surface area contributed by atoms with Crippen LogP contribution in [-0.2, 0) is 0 Å². The van der Waals surface area contributed by atoms with Gasteiger partial charge in [-0.1, -0.05) is 152 Å². The van der Waals surface area contributed by atoms with Crippen molar-refractivity contribution in [2.75, 3.05) is 0 Å². The molecule has 0 N–H and O–H groups in total. The Hall–Kier alpha value is -9.59. The maximum absolute atomic E-state index is 6.95. The summed E-state index contributed by atoms with van der Waals surface area (Å²) in [6, 6.07) is 75.6. The zero-order chi connectivity index (χ0) is 45.9. The minimum atomic E-state index is 0.545. The smallest absolute Gasteiger partial charge is 0.164 e. The molecule has 5 heterocycles. The number of furan rings is 3. The molecule has 7 nitrogen and oxygen atoms in total. The SMILES string of the molecule is c1ccc(-c2ccc3c(c2)c2ccccc2n3-c2cccc3c2oc2cccc(-c4ccc5oc6cccc(-c7nc(-c8ccccc8)nc(-c8ccc9c(c8)oc8ccccc89)n7)c6c5c4)c23)cc1. The van der Waals surface area contributed by atoms with Gasteiger partial charge in [-0.2, -0.15) is 0 Å². The largest absolute Gasteiger partial charge is 0.456 e. The van der Waals surface area contributed by atoms with Crippen molar-refractivity contribution in [1.29, 1.82) is 0 Å². The van der Waals surface area contributed by atoms with Crippen LogP contribution >= 0.6 is 0 Å². The second kappa shape index (κ2) is 15.0. The molecule has 0 aliphatic rings. The lowest BCUT2D eigenvalue weighted by molar-refractivity contribution is 0.666. The van der Waals surface area contributed by atoms with Gasteiger partial charge in [0.25, 0.3) is 0 Å². The summed E-state index contributed by atoms with van der Waals surface area (Å²) in [5.74, 6) is 1.67. The minimum Gasteiger partial charge on any atom is -0.456 e. The molecule has 0 spiro atoms. The number of rotatable bonds is 6. The number of aromatic nitrogens is 4. The first-order valence-corrected chi connectivity index (χ1v) is 23.4. The lowest BCUT2D eigenvalue weighted by Gasteiger charge is -2.10. The fourth-order valence-corrected chi connectivity index (χ4v) is 10.7. The van der Waals surface area contributed by atoms with Gasteiger partial charge in [0.05, 0.1) is 16.7 Å². The Morgan fingerprint density at radius 1 is 0.286 bits per heavy atom. The molecule has 0 unspecified atom stereocenters. The Bertz CT molecular complexity index is 4600. The van der Waals surface area contributed by atoms with Crippen LogP contribution in [0, 0.1) is 0 Å². The highest BCUT2D eigenvalue weighted by molar-refractivity contribution is 6.18. The van der Waals surface area contributed by atoms with E-state index in [9.17, 15) is 0 Å². The predicted octanol–water partition coefficient (Wildman–Crippen LogP) is 17.0. The summed E-state index contributed by atoms with van der Waals surface area (Å²) in [4.78, 5) is 15.4. The number of hydrogen-bond donors (Lipinski definition) is 0. The maximum Gasteiger partial charge on any atom is 0.164 e. The van der Waals surface area contributed by atoms with Gasteiger partial charge in [-0.15, -0.1) is 0 Å². The highest BCUT2D eigenvalue weighted by Gasteiger charge is 2.23. The Morgan fingerprint density at radius 3 is 1.71 bits per heavy atom. The first kappa shape index (κ1) is 38.5. The second-order valence-corrected chi connectivity index (χ2v) is 17.9. The fourth-order valence-electron chi connectivity index (χ4n) is 10.7. The molecule has 7 heteroatoms. The average Bonchev–Trinajstić information content (AvgIpc) is 4.20. The Balaban J connectivity index is 0.895. The van der Waals surface area contributed by atoms with Crippen molar-refractivity contribution in [3.05, 3.63) is 218 Å². The van der Waals surface area contributed by atoms with Gasteiger partial charge in [0.15, 0.2) is 23.1 Å². The molecule has 0 bridgehead atoms. The zero-order valence-corrected chi connectivity index (χ0v) is 37.3. The highest BCUT2D eigenvalue weighted by atomic mass is 16.3. The highest BCUT2D eigenvalue weighted by Crippen LogP contribution is 2.44. The lowest BCUT2D eigenvalue weighted by atomic mass is 9.97. The quantitative estimate of drug-likeness (QED) is 0.165. The van der Waals surface area contributed by atoms with E-state index in [1.54, 1.807) is 0 Å². The fraction of sp³-hybridized carbons (Fsp3) is 0. The molecule has 0 saturated carbocycles. The summed E-state index contributed by atoms with van der Waals surface area (Å²) in [5, 5.41) is 8.48. The first-order chi connectivity index (χ1) is 34.7. The van der Waals surface area contributed by atoms with Crippen molar-refractivity contribution >= 4 is 87.6 Å². The molecule has 0 fully saturated rings. The van der Waals surface area contributed by atoms with E-state index in [1.807, 2.05) is 66.7 Å². The van der Waals surface area contributed by atoms with E-state index >= 15 is 0 Å². The van der Waals surface area contributed by atoms with E-state index in [4.69, 9.17) is 28.2 Å². The van der Waals surface area contributed by atoms with Crippen LogP contribution in [0.15, 0.2) is 232 Å². The monoisotopic (exact) mass is 896 g/mol. The Morgan fingerprint density at radius 2 is 0.857 bits per heavy atom. The molecule has 326 valence electrons. The molecule has 10 aromatic carbocycles. The summed E-state index contributed by atoms with van der Waals surface area (Å²) in [5.41, 5.74) is 15.1. The van der Waals surface area contributed by atoms with Gasteiger partial charge in [0.1, 0.15) is 27.9 Å². The van der Waals surface area contributed by atoms with Crippen molar-refractivity contribution in [3.8, 4) is 62.1 Å². The topological polar surface area (TPSA) is 83.0 Å². The van der Waals surface area contributed by atoms with Gasteiger partial charge >= 0.3 is 0 Å². The van der Waals surface area contributed by atoms with Crippen molar-refractivity contribution in [2.24, 2.45) is 0 Å². The van der Waals surface area contributed by atoms with E-state index in [0.29, 0.717) is 17.5 Å². The van der Waals surface area contributed by atoms with Crippen LogP contribution in [0.4, 0.5) is 0 Å². The number of fused-ring (bicyclic) bond motifs is 12. The molecule has 15 rings (SSSR count). The Labute approximate surface area is 399 Å². The van der Waals surface area contributed by atoms with Crippen molar-refractivity contribution in [1.82, 2.24) is 19.5 Å². The normalized spacial score (nSPS) is 12.0. The average molecular weight is 897 g/mol. The van der Waals surface area contributed by atoms with Crippen LogP contribution < -0.4 is 0 Å². The van der Waals surface area contributed by atoms with Gasteiger partial charge in [0.2, 0.25) is 0 Å². The number of benzene rings is 10. The van der Waals surface area contributed by atoms with Crippen molar-refractivity contribution < 1.29 is 13.3 Å². The van der Waals surface area contributed by atoms with E-state index in [-0.39, 0.29) is 0 Å². The van der Waals surface area contributed by atoms with E-state index < -0.39 is 0 Å². The second-order valence-electron chi connectivity index (χ2n) is 17.9. The van der Waals surface area contributed by atoms with Crippen LogP contribution in [0.2, 0.25) is 0 Å². The van der Waals surface area contributed by atoms with Gasteiger partial charge < -0.3 is 17.8 Å². The van der Waals surface area contributed by atoms with Crippen LogP contribution in [0.1, 0.15) is 0 Å². The third-order valence-corrected chi connectivity index (χ3v) is 13.9. The minimum absolute atomic E-state index is 0.545. The number of nitrogens with zero attached hydrogens (tertiary/aromatic N) is 4. The van der Waals surface area contributed by atoms with Crippen molar-refractivity contribution in [3.63, 3.8) is 0 Å². The van der Waals surface area contributed by atoms with Crippen LogP contribution in [0.3, 0.4) is 0 Å². The molecule has 0 atom stereocenters. The molecular formula is C63H36N4O3. The lowest BCUT2D eigenvalue weighted by Crippen LogP contribution is -2.00. The van der Waals surface area contributed by atoms with E-state index in [2.05, 4.69) is 156 Å². The molecule has 70 heavy (non-hydrogen) atoms. The number of para-hydroxylation sites is 3. The molecule has 0 amide bonds. The van der Waals surface area contributed by atoms with Crippen LogP contribution in [0.5, 0.6) is 0 Å². The van der Waals surface area contributed by atoms with Gasteiger partial charge in [-0.3, -0.25) is 0 Å². The molecule has 0 saturated heterocycles. The molecule has 5 aromatic heterocycles. The van der Waals surface area contributed by atoms with Gasteiger partial charge in [-0.25, -0.2) is 15.0 Å². The summed E-state index contributed by atoms with van der Waals surface area (Å²) in [6.45, 7) is 0. The van der Waals surface area contributed by atoms with Gasteiger partial charge in [0, 0.05) is 59.8 Å². The molecular weight excluding hydrogens is 861 g/mol. The predicted molar refractivity (Wildman–Crippen MR) is 283 cm³/mol. The molecule has 0 aliphatic carbocycles. The Kier molecular flexibility index (Phi) is 8.23. The number of hydrogen-bond acceptors (Lipinski definition) is 6. The van der Waals surface area contributed by atoms with Gasteiger partial charge in [-0.05, 0) is 89.0 Å². The zero-order valence-electron chi connectivity index (χ0n) is 37.3. The molecule has 15 aromatic rings. The summed E-state index contributed by atoms with van der Waals surface area (Å²) in [6.07, 6.45) is 0. The standard InChI is InChI=1S/C63H36N4O3/c1-3-14-37(15-4-1)39-29-32-51-48(34-39)43-18-7-9-23-50(43)67(51)52-24-11-21-46-58-42(20-12-27-56(58)70-60(46)52)40-30-33-54-49(35-40)59-47(22-13-26-55(59)68-54)63-65-61(38-16-5-2-6-17-38)64-62(66-63)41-28-31-45-44-19-8-10-25-53(44)69-57(45)36-41/h1-36H. The van der Waals surface area contributed by atoms with Crippen LogP contribution in [-0.4, -0.2) is 19.5 Å². The maximum atomic E-state index is 6.95. The molecule has 0 aliphatic heterocycles. The van der Waals surface area contributed by atoms with E-state index in [0.717, 1.165) is 110 Å². The van der Waals surface area contributed by atoms with Crippen LogP contribution in [0.25, 0.3) is 150 Å². The van der Waals surface area contributed by atoms with E-state index in [1.165, 1.54) is 21.9 Å². The summed E-state index contributed by atoms with van der Waals surface area (Å²) >= 11 is 0. The van der Waals surface area contributed by atoms with Crippen molar-refractivity contribution in [2.45, 2.75) is 0 Å². The third-order valence-electron chi connectivity index (χ3n) is 13.9. The molecule has 0 radical (unpaired) electrons. The first-order valence-electron chi connectivity index (χ1n) is 23.4. The third kappa shape index (κ3) is 5.85. The summed E-state index contributed by atoms with van der Waals surface area (Å²) < 4.78 is 22.2. The summed E-state index contributed by atoms with van der Waals surface area (Å²) in [7, 11) is 0.